The summed E-state index contributed by atoms with van der Waals surface area (Å²) in [6.07, 6.45) is 1.42. The molecule has 1 spiro atoms. The zero-order valence-electron chi connectivity index (χ0n) is 15.3. The number of amides is 1. The second-order valence-corrected chi connectivity index (χ2v) is 6.83. The number of ether oxygens (including phenoxy) is 2. The Hall–Kier alpha value is -2.12. The van der Waals surface area contributed by atoms with Crippen LogP contribution in [0.25, 0.3) is 0 Å². The van der Waals surface area contributed by atoms with Crippen LogP contribution in [-0.2, 0) is 20.7 Å². The molecule has 1 aromatic rings. The van der Waals surface area contributed by atoms with Crippen LogP contribution in [0.4, 0.5) is 0 Å². The fourth-order valence-corrected chi connectivity index (χ4v) is 3.85. The van der Waals surface area contributed by atoms with Crippen molar-refractivity contribution in [3.63, 3.8) is 0 Å². The number of hydrogen-bond acceptors (Lipinski definition) is 5. The lowest BCUT2D eigenvalue weighted by Crippen LogP contribution is -2.58. The van der Waals surface area contributed by atoms with E-state index in [1.54, 1.807) is 19.2 Å². The van der Waals surface area contributed by atoms with E-state index < -0.39 is 17.7 Å². The van der Waals surface area contributed by atoms with E-state index in [-0.39, 0.29) is 18.9 Å². The molecule has 2 fully saturated rings. The van der Waals surface area contributed by atoms with E-state index in [4.69, 9.17) is 9.47 Å². The lowest BCUT2D eigenvalue weighted by molar-refractivity contribution is -0.165. The van der Waals surface area contributed by atoms with Crippen LogP contribution in [0.1, 0.15) is 25.3 Å². The number of carbonyl (C=O) groups excluding carboxylic acids is 1. The Balaban J connectivity index is 1.79. The highest BCUT2D eigenvalue weighted by Gasteiger charge is 2.53. The van der Waals surface area contributed by atoms with Crippen molar-refractivity contribution in [3.05, 3.63) is 29.8 Å². The largest absolute Gasteiger partial charge is 0.497 e. The first-order valence-corrected chi connectivity index (χ1v) is 9.03. The lowest BCUT2D eigenvalue weighted by atomic mass is 9.97. The maximum atomic E-state index is 13.0. The molecule has 2 aliphatic heterocycles. The number of carboxylic acid groups (broad SMARTS) is 1. The summed E-state index contributed by atoms with van der Waals surface area (Å²) in [6, 6.07) is 6.33. The molecular formula is C19H26N2O5. The number of methoxy groups -OCH3 is 1. The van der Waals surface area contributed by atoms with Crippen LogP contribution in [0.5, 0.6) is 5.75 Å². The Labute approximate surface area is 153 Å². The van der Waals surface area contributed by atoms with E-state index in [0.29, 0.717) is 12.8 Å². The predicted molar refractivity (Wildman–Crippen MR) is 95.0 cm³/mol. The summed E-state index contributed by atoms with van der Waals surface area (Å²) in [6.45, 7) is 4.69. The highest BCUT2D eigenvalue weighted by Crippen LogP contribution is 2.37. The molecule has 26 heavy (non-hydrogen) atoms. The summed E-state index contributed by atoms with van der Waals surface area (Å²) in [5.74, 6) is -0.495. The average Bonchev–Trinajstić information content (AvgIpc) is 3.02. The molecule has 0 bridgehead atoms. The molecule has 0 radical (unpaired) electrons. The molecule has 1 amide bonds. The van der Waals surface area contributed by atoms with Gasteiger partial charge >= 0.3 is 5.97 Å². The van der Waals surface area contributed by atoms with Crippen molar-refractivity contribution in [2.24, 2.45) is 0 Å². The van der Waals surface area contributed by atoms with Gasteiger partial charge < -0.3 is 19.5 Å². The Kier molecular flexibility index (Phi) is 5.48. The molecule has 0 saturated carbocycles. The minimum absolute atomic E-state index is 0.0514. The molecule has 2 aliphatic rings. The second kappa shape index (κ2) is 7.63. The Morgan fingerprint density at radius 1 is 1.27 bits per heavy atom. The fourth-order valence-electron chi connectivity index (χ4n) is 3.85. The van der Waals surface area contributed by atoms with Gasteiger partial charge in [0.05, 0.1) is 20.1 Å². The smallest absolute Gasteiger partial charge is 0.328 e. The maximum Gasteiger partial charge on any atom is 0.328 e. The summed E-state index contributed by atoms with van der Waals surface area (Å²) < 4.78 is 11.1. The number of rotatable bonds is 5. The molecule has 2 heterocycles. The first-order chi connectivity index (χ1) is 12.5. The topological polar surface area (TPSA) is 79.3 Å². The van der Waals surface area contributed by atoms with E-state index in [2.05, 4.69) is 11.8 Å². The van der Waals surface area contributed by atoms with Crippen molar-refractivity contribution in [1.82, 2.24) is 9.80 Å². The Morgan fingerprint density at radius 3 is 2.46 bits per heavy atom. The molecule has 3 rings (SSSR count). The molecule has 1 atom stereocenters. The van der Waals surface area contributed by atoms with Crippen molar-refractivity contribution >= 4 is 11.9 Å². The molecule has 1 aromatic carbocycles. The molecular weight excluding hydrogens is 336 g/mol. The van der Waals surface area contributed by atoms with Gasteiger partial charge in [-0.15, -0.1) is 0 Å². The summed E-state index contributed by atoms with van der Waals surface area (Å²) >= 11 is 0. The summed E-state index contributed by atoms with van der Waals surface area (Å²) in [4.78, 5) is 28.5. The third-order valence-corrected chi connectivity index (χ3v) is 5.41. The van der Waals surface area contributed by atoms with Gasteiger partial charge in [0, 0.05) is 25.9 Å². The standard InChI is InChI=1S/C19H26N2O5/c1-3-20-10-8-19(9-11-20)21(16(13-26-19)18(23)24)17(22)12-14-4-6-15(25-2)7-5-14/h4-7,16H,3,8-13H2,1-2H3,(H,23,24). The van der Waals surface area contributed by atoms with E-state index in [1.807, 2.05) is 12.1 Å². The van der Waals surface area contributed by atoms with Crippen molar-refractivity contribution in [2.75, 3.05) is 33.4 Å². The molecule has 1 N–H and O–H groups in total. The third-order valence-electron chi connectivity index (χ3n) is 5.41. The number of piperidine rings is 1. The zero-order chi connectivity index (χ0) is 18.7. The highest BCUT2D eigenvalue weighted by atomic mass is 16.5. The summed E-state index contributed by atoms with van der Waals surface area (Å²) in [5.41, 5.74) is 0.0335. The van der Waals surface area contributed by atoms with Crippen LogP contribution in [0, 0.1) is 0 Å². The van der Waals surface area contributed by atoms with Crippen LogP contribution in [0.15, 0.2) is 24.3 Å². The van der Waals surface area contributed by atoms with Gasteiger partial charge in [-0.05, 0) is 24.2 Å². The molecule has 7 nitrogen and oxygen atoms in total. The minimum atomic E-state index is -1.01. The molecule has 1 unspecified atom stereocenters. The van der Waals surface area contributed by atoms with E-state index in [9.17, 15) is 14.7 Å². The Morgan fingerprint density at radius 2 is 1.92 bits per heavy atom. The SMILES string of the molecule is CCN1CCC2(CC1)OCC(C(=O)O)N2C(=O)Cc1ccc(OC)cc1. The lowest BCUT2D eigenvalue weighted by Gasteiger charge is -2.44. The van der Waals surface area contributed by atoms with Crippen molar-refractivity contribution in [3.8, 4) is 5.75 Å². The second-order valence-electron chi connectivity index (χ2n) is 6.83. The summed E-state index contributed by atoms with van der Waals surface area (Å²) in [5, 5.41) is 9.58. The first-order valence-electron chi connectivity index (χ1n) is 9.03. The van der Waals surface area contributed by atoms with Gasteiger partial charge in [-0.25, -0.2) is 4.79 Å². The number of carboxylic acids is 1. The van der Waals surface area contributed by atoms with Crippen LogP contribution in [0.2, 0.25) is 0 Å². The van der Waals surface area contributed by atoms with Crippen LogP contribution in [-0.4, -0.2) is 71.9 Å². The number of hydrogen-bond donors (Lipinski definition) is 1. The average molecular weight is 362 g/mol. The van der Waals surface area contributed by atoms with Crippen LogP contribution >= 0.6 is 0 Å². The normalized spacial score (nSPS) is 22.5. The van der Waals surface area contributed by atoms with Gasteiger partial charge in [0.2, 0.25) is 5.91 Å². The zero-order valence-corrected chi connectivity index (χ0v) is 15.3. The van der Waals surface area contributed by atoms with E-state index in [0.717, 1.165) is 30.9 Å². The van der Waals surface area contributed by atoms with Gasteiger partial charge in [-0.3, -0.25) is 9.69 Å². The van der Waals surface area contributed by atoms with Crippen LogP contribution < -0.4 is 4.74 Å². The van der Waals surface area contributed by atoms with Crippen molar-refractivity contribution in [1.29, 1.82) is 0 Å². The van der Waals surface area contributed by atoms with Crippen LogP contribution in [0.3, 0.4) is 0 Å². The predicted octanol–water partition coefficient (Wildman–Crippen LogP) is 1.36. The minimum Gasteiger partial charge on any atom is -0.497 e. The monoisotopic (exact) mass is 362 g/mol. The maximum absolute atomic E-state index is 13.0. The van der Waals surface area contributed by atoms with E-state index >= 15 is 0 Å². The Bertz CT molecular complexity index is 652. The third kappa shape index (κ3) is 3.54. The number of carbonyl (C=O) groups is 2. The highest BCUT2D eigenvalue weighted by molar-refractivity contribution is 5.86. The number of likely N-dealkylation sites (tertiary alicyclic amines) is 1. The van der Waals surface area contributed by atoms with Gasteiger partial charge in [0.15, 0.2) is 6.04 Å². The number of nitrogens with zero attached hydrogens (tertiary/aromatic N) is 2. The summed E-state index contributed by atoms with van der Waals surface area (Å²) in [7, 11) is 1.59. The fraction of sp³-hybridized carbons (Fsp3) is 0.579. The molecule has 0 aromatic heterocycles. The van der Waals surface area contributed by atoms with E-state index in [1.165, 1.54) is 4.90 Å². The number of benzene rings is 1. The van der Waals surface area contributed by atoms with Crippen molar-refractivity contribution in [2.45, 2.75) is 38.0 Å². The quantitative estimate of drug-likeness (QED) is 0.852. The number of aliphatic carboxylic acids is 1. The van der Waals surface area contributed by atoms with Gasteiger partial charge in [0.25, 0.3) is 0 Å². The molecule has 142 valence electrons. The molecule has 0 aliphatic carbocycles. The molecule has 7 heteroatoms. The molecule has 2 saturated heterocycles. The first kappa shape index (κ1) is 18.7. The van der Waals surface area contributed by atoms with Gasteiger partial charge in [-0.1, -0.05) is 19.1 Å². The van der Waals surface area contributed by atoms with Crippen molar-refractivity contribution < 1.29 is 24.2 Å². The van der Waals surface area contributed by atoms with Gasteiger partial charge in [-0.2, -0.15) is 0 Å². The van der Waals surface area contributed by atoms with Gasteiger partial charge in [0.1, 0.15) is 11.5 Å².